The molecule has 1 aliphatic heterocycles. The molecule has 7 nitrogen and oxygen atoms in total. The molecule has 2 fully saturated rings. The van der Waals surface area contributed by atoms with Crippen LogP contribution in [0.5, 0.6) is 5.75 Å². The number of halogens is 3. The molecule has 4 rings (SSSR count). The molecule has 1 aliphatic carbocycles. The highest BCUT2D eigenvalue weighted by Gasteiger charge is 2.31. The Balaban J connectivity index is 1.47. The number of imide groups is 1. The first-order valence-electron chi connectivity index (χ1n) is 11.9. The minimum absolute atomic E-state index is 0.00607. The first-order chi connectivity index (χ1) is 17.2. The van der Waals surface area contributed by atoms with E-state index in [2.05, 4.69) is 0 Å². The van der Waals surface area contributed by atoms with Gasteiger partial charge in [0, 0.05) is 32.0 Å². The van der Waals surface area contributed by atoms with Crippen molar-refractivity contribution < 1.29 is 33.0 Å². The molecule has 0 radical (unpaired) electrons. The number of carbonyl (C=O) groups excluding carboxylic acids is 2. The summed E-state index contributed by atoms with van der Waals surface area (Å²) in [5.74, 6) is -2.37. The molecule has 2 amide bonds. The van der Waals surface area contributed by atoms with Gasteiger partial charge in [0.15, 0.2) is 11.6 Å². The van der Waals surface area contributed by atoms with Crippen LogP contribution in [-0.4, -0.2) is 52.4 Å². The summed E-state index contributed by atoms with van der Waals surface area (Å²) in [7, 11) is 0. The number of carbonyl (C=O) groups is 3. The molecule has 2 aromatic carbocycles. The van der Waals surface area contributed by atoms with Gasteiger partial charge in [0.05, 0.1) is 18.0 Å². The SMILES string of the molecule is O=C(O)CC(c1ccc(Cl)c(F)c1)N(Cc1ccc(OCCN2C(=O)CCC2=O)c(F)c1)CC1CC1. The van der Waals surface area contributed by atoms with E-state index in [1.807, 2.05) is 4.90 Å². The van der Waals surface area contributed by atoms with E-state index in [0.717, 1.165) is 17.7 Å². The van der Waals surface area contributed by atoms with Crippen molar-refractivity contribution in [2.45, 2.75) is 44.7 Å². The van der Waals surface area contributed by atoms with Crippen LogP contribution in [-0.2, 0) is 20.9 Å². The zero-order valence-corrected chi connectivity index (χ0v) is 20.3. The van der Waals surface area contributed by atoms with Crippen molar-refractivity contribution in [1.82, 2.24) is 9.80 Å². The number of nitrogens with zero attached hydrogens (tertiary/aromatic N) is 2. The average Bonchev–Trinajstić information content (AvgIpc) is 3.59. The zero-order chi connectivity index (χ0) is 25.8. The number of ether oxygens (including phenoxy) is 1. The highest BCUT2D eigenvalue weighted by molar-refractivity contribution is 6.30. The van der Waals surface area contributed by atoms with Crippen molar-refractivity contribution in [2.24, 2.45) is 5.92 Å². The van der Waals surface area contributed by atoms with E-state index in [9.17, 15) is 28.3 Å². The van der Waals surface area contributed by atoms with E-state index in [1.165, 1.54) is 24.3 Å². The molecule has 1 atom stereocenters. The largest absolute Gasteiger partial charge is 0.489 e. The lowest BCUT2D eigenvalue weighted by molar-refractivity contribution is -0.140. The summed E-state index contributed by atoms with van der Waals surface area (Å²) in [6, 6.07) is 8.14. The van der Waals surface area contributed by atoms with E-state index in [4.69, 9.17) is 16.3 Å². The Morgan fingerprint density at radius 1 is 1.11 bits per heavy atom. The van der Waals surface area contributed by atoms with Crippen molar-refractivity contribution in [3.63, 3.8) is 0 Å². The van der Waals surface area contributed by atoms with Gasteiger partial charge < -0.3 is 9.84 Å². The molecule has 1 N–H and O–H groups in total. The highest BCUT2D eigenvalue weighted by Crippen LogP contribution is 2.36. The van der Waals surface area contributed by atoms with E-state index in [0.29, 0.717) is 23.6 Å². The number of carboxylic acids is 1. The summed E-state index contributed by atoms with van der Waals surface area (Å²) >= 11 is 5.82. The lowest BCUT2D eigenvalue weighted by Crippen LogP contribution is -2.33. The maximum atomic E-state index is 14.8. The van der Waals surface area contributed by atoms with Gasteiger partial charge in [-0.1, -0.05) is 23.7 Å². The van der Waals surface area contributed by atoms with Crippen LogP contribution in [0.4, 0.5) is 8.78 Å². The summed E-state index contributed by atoms with van der Waals surface area (Å²) < 4.78 is 34.4. The fraction of sp³-hybridized carbons (Fsp3) is 0.423. The Labute approximate surface area is 212 Å². The fourth-order valence-electron chi connectivity index (χ4n) is 4.39. The van der Waals surface area contributed by atoms with Crippen LogP contribution in [0.1, 0.15) is 49.3 Å². The third kappa shape index (κ3) is 6.59. The monoisotopic (exact) mass is 520 g/mol. The summed E-state index contributed by atoms with van der Waals surface area (Å²) in [4.78, 5) is 38.1. The Kier molecular flexibility index (Phi) is 8.21. The molecule has 2 aliphatic rings. The minimum Gasteiger partial charge on any atom is -0.489 e. The van der Waals surface area contributed by atoms with Gasteiger partial charge in [0.1, 0.15) is 12.4 Å². The Morgan fingerprint density at radius 3 is 2.44 bits per heavy atom. The number of rotatable bonds is 12. The maximum absolute atomic E-state index is 14.8. The highest BCUT2D eigenvalue weighted by atomic mass is 35.5. The Bertz CT molecular complexity index is 1140. The number of likely N-dealkylation sites (tertiary alicyclic amines) is 1. The third-order valence-electron chi connectivity index (χ3n) is 6.44. The van der Waals surface area contributed by atoms with Crippen molar-refractivity contribution in [1.29, 1.82) is 0 Å². The molecule has 1 saturated carbocycles. The predicted octanol–water partition coefficient (Wildman–Crippen LogP) is 4.57. The van der Waals surface area contributed by atoms with E-state index in [1.54, 1.807) is 12.1 Å². The Hall–Kier alpha value is -3.04. The molecule has 2 aromatic rings. The van der Waals surface area contributed by atoms with Crippen LogP contribution in [0, 0.1) is 17.6 Å². The molecule has 10 heteroatoms. The minimum atomic E-state index is -1.03. The molecule has 0 bridgehead atoms. The summed E-state index contributed by atoms with van der Waals surface area (Å²) in [5, 5.41) is 9.50. The molecule has 36 heavy (non-hydrogen) atoms. The number of aliphatic carboxylic acids is 1. The van der Waals surface area contributed by atoms with Crippen LogP contribution in [0.2, 0.25) is 5.02 Å². The maximum Gasteiger partial charge on any atom is 0.305 e. The average molecular weight is 521 g/mol. The third-order valence-corrected chi connectivity index (χ3v) is 6.74. The summed E-state index contributed by atoms with van der Waals surface area (Å²) in [6.07, 6.45) is 2.17. The van der Waals surface area contributed by atoms with Gasteiger partial charge in [-0.15, -0.1) is 0 Å². The zero-order valence-electron chi connectivity index (χ0n) is 19.6. The molecular formula is C26H27ClF2N2O5. The fourth-order valence-corrected chi connectivity index (χ4v) is 4.51. The number of carboxylic acid groups (broad SMARTS) is 1. The van der Waals surface area contributed by atoms with Gasteiger partial charge in [-0.05, 0) is 54.2 Å². The van der Waals surface area contributed by atoms with Gasteiger partial charge in [0.25, 0.3) is 0 Å². The van der Waals surface area contributed by atoms with Crippen molar-refractivity contribution in [3.8, 4) is 5.75 Å². The topological polar surface area (TPSA) is 87.2 Å². The smallest absolute Gasteiger partial charge is 0.305 e. The van der Waals surface area contributed by atoms with Gasteiger partial charge in [-0.3, -0.25) is 24.2 Å². The molecule has 0 spiro atoms. The summed E-state index contributed by atoms with van der Waals surface area (Å²) in [5.41, 5.74) is 1.10. The molecule has 0 aromatic heterocycles. The van der Waals surface area contributed by atoms with Gasteiger partial charge in [-0.25, -0.2) is 8.78 Å². The van der Waals surface area contributed by atoms with Crippen molar-refractivity contribution in [3.05, 3.63) is 64.2 Å². The van der Waals surface area contributed by atoms with Crippen molar-refractivity contribution >= 4 is 29.4 Å². The number of amides is 2. The number of benzene rings is 2. The molecule has 1 heterocycles. The van der Waals surface area contributed by atoms with Gasteiger partial charge in [0.2, 0.25) is 11.8 Å². The first kappa shape index (κ1) is 26.0. The van der Waals surface area contributed by atoms with Gasteiger partial charge in [-0.2, -0.15) is 0 Å². The van der Waals surface area contributed by atoms with E-state index >= 15 is 0 Å². The number of hydrogen-bond acceptors (Lipinski definition) is 5. The number of hydrogen-bond donors (Lipinski definition) is 1. The quantitative estimate of drug-likeness (QED) is 0.412. The van der Waals surface area contributed by atoms with Crippen LogP contribution in [0.25, 0.3) is 0 Å². The molecule has 192 valence electrons. The van der Waals surface area contributed by atoms with Crippen LogP contribution < -0.4 is 4.74 Å². The van der Waals surface area contributed by atoms with Crippen LogP contribution in [0.15, 0.2) is 36.4 Å². The first-order valence-corrected chi connectivity index (χ1v) is 12.2. The van der Waals surface area contributed by atoms with E-state index < -0.39 is 23.6 Å². The molecule has 1 unspecified atom stereocenters. The van der Waals surface area contributed by atoms with Crippen molar-refractivity contribution in [2.75, 3.05) is 19.7 Å². The Morgan fingerprint density at radius 2 is 1.83 bits per heavy atom. The molecule has 1 saturated heterocycles. The second-order valence-corrected chi connectivity index (χ2v) is 9.62. The molecular weight excluding hydrogens is 494 g/mol. The second-order valence-electron chi connectivity index (χ2n) is 9.21. The van der Waals surface area contributed by atoms with Gasteiger partial charge >= 0.3 is 5.97 Å². The lowest BCUT2D eigenvalue weighted by atomic mass is 10.00. The van der Waals surface area contributed by atoms with Crippen LogP contribution in [0.3, 0.4) is 0 Å². The van der Waals surface area contributed by atoms with E-state index in [-0.39, 0.29) is 61.5 Å². The lowest BCUT2D eigenvalue weighted by Gasteiger charge is -2.31. The second kappa shape index (κ2) is 11.3. The summed E-state index contributed by atoms with van der Waals surface area (Å²) in [6.45, 7) is 0.888. The standard InChI is InChI=1S/C26H27ClF2N2O5/c27-19-5-4-18(12-20(19)28)22(13-26(34)35)30(14-16-1-2-16)15-17-3-6-23(21(29)11-17)36-10-9-31-24(32)7-8-25(31)33/h3-6,11-12,16,22H,1-2,7-10,13-15H2,(H,34,35). The predicted molar refractivity (Wildman–Crippen MR) is 127 cm³/mol. The normalized spacial score (nSPS) is 16.6. The van der Waals surface area contributed by atoms with Crippen LogP contribution >= 0.6 is 11.6 Å².